The van der Waals surface area contributed by atoms with E-state index in [1.165, 1.54) is 19.1 Å². The first-order valence-corrected chi connectivity index (χ1v) is 11.9. The molecule has 0 radical (unpaired) electrons. The van der Waals surface area contributed by atoms with Crippen molar-refractivity contribution in [1.29, 1.82) is 0 Å². The van der Waals surface area contributed by atoms with Gasteiger partial charge in [-0.3, -0.25) is 18.9 Å². The summed E-state index contributed by atoms with van der Waals surface area (Å²) in [5, 5.41) is 11.9. The molecule has 0 spiro atoms. The van der Waals surface area contributed by atoms with E-state index in [2.05, 4.69) is 14.8 Å². The van der Waals surface area contributed by atoms with Crippen molar-refractivity contribution in [2.24, 2.45) is 11.8 Å². The van der Waals surface area contributed by atoms with E-state index in [1.54, 1.807) is 26.0 Å². The monoisotopic (exact) mass is 487 g/mol. The molecule has 0 aliphatic carbocycles. The lowest BCUT2D eigenvalue weighted by atomic mass is 9.87. The summed E-state index contributed by atoms with van der Waals surface area (Å²) >= 11 is 0. The van der Waals surface area contributed by atoms with Gasteiger partial charge in [-0.1, -0.05) is 19.1 Å². The fraction of sp³-hybridized carbons (Fsp3) is 0.524. The normalized spacial score (nSPS) is 13.2. The topological polar surface area (TPSA) is 155 Å². The average Bonchev–Trinajstić information content (AvgIpc) is 2.77. The molecule has 33 heavy (non-hydrogen) atoms. The van der Waals surface area contributed by atoms with Crippen LogP contribution in [-0.2, 0) is 43.6 Å². The highest BCUT2D eigenvalue weighted by molar-refractivity contribution is 7.53. The van der Waals surface area contributed by atoms with Crippen LogP contribution in [0.3, 0.4) is 0 Å². The molecule has 1 aromatic carbocycles. The molecule has 0 fully saturated rings. The summed E-state index contributed by atoms with van der Waals surface area (Å²) in [5.74, 6) is -6.87. The first-order valence-electron chi connectivity index (χ1n) is 10.2. The molecule has 184 valence electrons. The molecule has 12 heteroatoms. The molecule has 0 saturated carbocycles. The fourth-order valence-electron chi connectivity index (χ4n) is 3.12. The third-order valence-corrected chi connectivity index (χ3v) is 6.81. The van der Waals surface area contributed by atoms with Gasteiger partial charge in [-0.2, -0.15) is 0 Å². The number of hydrogen-bond donors (Lipinski definition) is 2. The quantitative estimate of drug-likeness (QED) is 0.240. The standard InChI is InChI=1S/C21H30NO10P/c1-6-31-33(28,32-7-2)12-14-8-10-15(11-9-14)18(23)22-17(19(24)25)13(3)16(20(26)29-4)21(27)30-5/h8-11,13,16-17H,6-7,12H2,1-5H3,(H,22,23)(H,24,25)/t13-,17+/m1/s1. The Kier molecular flexibility index (Phi) is 11.2. The number of carboxylic acid groups (broad SMARTS) is 1. The average molecular weight is 487 g/mol. The molecule has 0 heterocycles. The number of hydrogen-bond acceptors (Lipinski definition) is 9. The molecule has 0 bridgehead atoms. The van der Waals surface area contributed by atoms with Gasteiger partial charge in [-0.25, -0.2) is 4.79 Å². The molecule has 1 rings (SSSR count). The van der Waals surface area contributed by atoms with Crippen LogP contribution in [0.2, 0.25) is 0 Å². The van der Waals surface area contributed by atoms with Gasteiger partial charge in [0, 0.05) is 11.5 Å². The van der Waals surface area contributed by atoms with E-state index >= 15 is 0 Å². The van der Waals surface area contributed by atoms with Crippen LogP contribution in [0.1, 0.15) is 36.7 Å². The van der Waals surface area contributed by atoms with E-state index in [1.807, 2.05) is 0 Å². The van der Waals surface area contributed by atoms with Crippen molar-refractivity contribution in [3.63, 3.8) is 0 Å². The highest BCUT2D eigenvalue weighted by Crippen LogP contribution is 2.51. The van der Waals surface area contributed by atoms with Crippen molar-refractivity contribution in [1.82, 2.24) is 5.32 Å². The van der Waals surface area contributed by atoms with E-state index in [9.17, 15) is 28.8 Å². The number of carbonyl (C=O) groups is 4. The molecule has 0 saturated heterocycles. The number of methoxy groups -OCH3 is 2. The second-order valence-electron chi connectivity index (χ2n) is 6.97. The van der Waals surface area contributed by atoms with Crippen molar-refractivity contribution in [2.45, 2.75) is 33.0 Å². The zero-order chi connectivity index (χ0) is 25.2. The van der Waals surface area contributed by atoms with Crippen molar-refractivity contribution in [3.8, 4) is 0 Å². The predicted molar refractivity (Wildman–Crippen MR) is 117 cm³/mol. The summed E-state index contributed by atoms with van der Waals surface area (Å²) in [6.07, 6.45) is 0.00526. The van der Waals surface area contributed by atoms with Crippen molar-refractivity contribution in [2.75, 3.05) is 27.4 Å². The first kappa shape index (κ1) is 28.3. The van der Waals surface area contributed by atoms with Crippen LogP contribution >= 0.6 is 7.60 Å². The number of amides is 1. The Morgan fingerprint density at radius 3 is 1.85 bits per heavy atom. The first-order chi connectivity index (χ1) is 15.5. The fourth-order valence-corrected chi connectivity index (χ4v) is 4.82. The Labute approximate surface area is 192 Å². The van der Waals surface area contributed by atoms with Gasteiger partial charge in [-0.15, -0.1) is 0 Å². The van der Waals surface area contributed by atoms with Crippen LogP contribution in [0.5, 0.6) is 0 Å². The number of aliphatic carboxylic acids is 1. The summed E-state index contributed by atoms with van der Waals surface area (Å²) in [7, 11) is -1.23. The van der Waals surface area contributed by atoms with E-state index in [4.69, 9.17) is 9.05 Å². The molecule has 0 aromatic heterocycles. The van der Waals surface area contributed by atoms with E-state index in [0.717, 1.165) is 14.2 Å². The van der Waals surface area contributed by atoms with Crippen LogP contribution in [0.25, 0.3) is 0 Å². The summed E-state index contributed by atoms with van der Waals surface area (Å²) in [6, 6.07) is 4.36. The second kappa shape index (κ2) is 13.1. The number of esters is 2. The van der Waals surface area contributed by atoms with Crippen LogP contribution in [-0.4, -0.2) is 62.4 Å². The highest BCUT2D eigenvalue weighted by Gasteiger charge is 2.42. The lowest BCUT2D eigenvalue weighted by molar-refractivity contribution is -0.162. The SMILES string of the molecule is CCOP(=O)(Cc1ccc(C(=O)N[C@H](C(=O)O)[C@H](C)C(C(=O)OC)C(=O)OC)cc1)OCC. The number of carbonyl (C=O) groups excluding carboxylic acids is 3. The molecule has 0 aliphatic rings. The number of benzene rings is 1. The summed E-state index contributed by atoms with van der Waals surface area (Å²) in [4.78, 5) is 48.5. The molecule has 2 N–H and O–H groups in total. The largest absolute Gasteiger partial charge is 0.480 e. The van der Waals surface area contributed by atoms with Crippen LogP contribution in [0, 0.1) is 11.8 Å². The van der Waals surface area contributed by atoms with Gasteiger partial charge in [-0.05, 0) is 31.5 Å². The van der Waals surface area contributed by atoms with Crippen molar-refractivity contribution in [3.05, 3.63) is 35.4 Å². The van der Waals surface area contributed by atoms with Gasteiger partial charge >= 0.3 is 25.5 Å². The molecule has 1 aromatic rings. The maximum atomic E-state index is 12.7. The van der Waals surface area contributed by atoms with Crippen LogP contribution in [0.15, 0.2) is 24.3 Å². The minimum absolute atomic E-state index is 0.00526. The molecule has 0 aliphatic heterocycles. The Bertz CT molecular complexity index is 860. The Morgan fingerprint density at radius 1 is 0.970 bits per heavy atom. The van der Waals surface area contributed by atoms with E-state index < -0.39 is 49.3 Å². The second-order valence-corrected chi connectivity index (χ2v) is 9.03. The summed E-state index contributed by atoms with van der Waals surface area (Å²) in [5.41, 5.74) is 0.712. The van der Waals surface area contributed by atoms with Crippen LogP contribution in [0.4, 0.5) is 0 Å². The molecule has 11 nitrogen and oxygen atoms in total. The van der Waals surface area contributed by atoms with E-state index in [0.29, 0.717) is 5.56 Å². The zero-order valence-corrected chi connectivity index (χ0v) is 20.1. The Morgan fingerprint density at radius 2 is 1.45 bits per heavy atom. The van der Waals surface area contributed by atoms with Gasteiger partial charge in [0.15, 0.2) is 5.92 Å². The molecule has 2 atom stereocenters. The number of carboxylic acids is 1. The predicted octanol–water partition coefficient (Wildman–Crippen LogP) is 2.23. The smallest absolute Gasteiger partial charge is 0.335 e. The van der Waals surface area contributed by atoms with Gasteiger partial charge in [0.2, 0.25) is 0 Å². The molecular weight excluding hydrogens is 457 g/mol. The minimum atomic E-state index is -3.33. The maximum Gasteiger partial charge on any atom is 0.335 e. The van der Waals surface area contributed by atoms with Crippen molar-refractivity contribution >= 4 is 31.4 Å². The number of rotatable bonds is 13. The summed E-state index contributed by atoms with van der Waals surface area (Å²) in [6.45, 7) is 5.14. The third-order valence-electron chi connectivity index (χ3n) is 4.76. The summed E-state index contributed by atoms with van der Waals surface area (Å²) < 4.78 is 32.3. The Balaban J connectivity index is 3.04. The lowest BCUT2D eigenvalue weighted by Gasteiger charge is -2.26. The number of nitrogens with one attached hydrogen (secondary N) is 1. The minimum Gasteiger partial charge on any atom is -0.480 e. The highest BCUT2D eigenvalue weighted by atomic mass is 31.2. The lowest BCUT2D eigenvalue weighted by Crippen LogP contribution is -2.50. The molecule has 1 amide bonds. The van der Waals surface area contributed by atoms with Gasteiger partial charge in [0.05, 0.1) is 33.6 Å². The molecule has 0 unspecified atom stereocenters. The Hall–Kier alpha value is -2.75. The third kappa shape index (κ3) is 7.96. The van der Waals surface area contributed by atoms with Gasteiger partial charge in [0.25, 0.3) is 5.91 Å². The van der Waals surface area contributed by atoms with Gasteiger partial charge < -0.3 is 28.9 Å². The number of ether oxygens (including phenoxy) is 2. The van der Waals surface area contributed by atoms with Crippen LogP contribution < -0.4 is 5.32 Å². The van der Waals surface area contributed by atoms with Gasteiger partial charge in [0.1, 0.15) is 6.04 Å². The van der Waals surface area contributed by atoms with Crippen molar-refractivity contribution < 1.29 is 47.4 Å². The maximum absolute atomic E-state index is 12.7. The molecular formula is C21H30NO10P. The zero-order valence-electron chi connectivity index (χ0n) is 19.2. The van der Waals surface area contributed by atoms with E-state index in [-0.39, 0.29) is 24.9 Å².